The van der Waals surface area contributed by atoms with Gasteiger partial charge in [-0.25, -0.2) is 9.78 Å². The van der Waals surface area contributed by atoms with E-state index in [0.717, 1.165) is 61.5 Å². The summed E-state index contributed by atoms with van der Waals surface area (Å²) in [7, 11) is 1.35. The predicted molar refractivity (Wildman–Crippen MR) is 182 cm³/mol. The number of halogens is 1. The molecule has 0 atom stereocenters. The topological polar surface area (TPSA) is 113 Å². The molecule has 2 N–H and O–H groups in total. The maximum atomic E-state index is 12.1. The predicted octanol–water partition coefficient (Wildman–Crippen LogP) is 5.96. The van der Waals surface area contributed by atoms with Gasteiger partial charge in [-0.05, 0) is 47.4 Å². The molecule has 1 saturated heterocycles. The van der Waals surface area contributed by atoms with Crippen molar-refractivity contribution in [3.8, 4) is 34.1 Å². The third-order valence-corrected chi connectivity index (χ3v) is 8.63. The van der Waals surface area contributed by atoms with E-state index in [1.807, 2.05) is 19.1 Å². The number of nitrogens with one attached hydrogen (secondary N) is 1. The first-order valence-electron chi connectivity index (χ1n) is 15.7. The molecule has 0 aliphatic carbocycles. The number of methoxy groups -OCH3 is 1. The lowest BCUT2D eigenvalue weighted by Crippen LogP contribution is -2.46. The number of imidazole rings is 1. The number of aryl methyl sites for hydroxylation is 1. The number of rotatable bonds is 12. The number of benzene rings is 3. The molecule has 47 heavy (non-hydrogen) atoms. The fourth-order valence-corrected chi connectivity index (χ4v) is 5.93. The first-order chi connectivity index (χ1) is 22.9. The molecule has 3 aromatic carbocycles. The first-order valence-corrected chi connectivity index (χ1v) is 16.0. The summed E-state index contributed by atoms with van der Waals surface area (Å²) in [6, 6.07) is 24.1. The number of aliphatic hydroxyl groups is 1. The van der Waals surface area contributed by atoms with Gasteiger partial charge in [0.1, 0.15) is 5.75 Å². The van der Waals surface area contributed by atoms with Crippen LogP contribution in [0.4, 0.5) is 0 Å². The van der Waals surface area contributed by atoms with Gasteiger partial charge in [0.15, 0.2) is 5.65 Å². The van der Waals surface area contributed by atoms with Crippen molar-refractivity contribution in [1.29, 1.82) is 0 Å². The van der Waals surface area contributed by atoms with Gasteiger partial charge < -0.3 is 24.3 Å². The van der Waals surface area contributed by atoms with Crippen molar-refractivity contribution < 1.29 is 24.1 Å². The largest absolute Gasteiger partial charge is 0.465 e. The number of hydrogen-bond acceptors (Lipinski definition) is 9. The van der Waals surface area contributed by atoms with Gasteiger partial charge in [-0.1, -0.05) is 66.2 Å². The minimum absolute atomic E-state index is 0.0747. The zero-order valence-electron chi connectivity index (χ0n) is 26.5. The number of aliphatic hydroxyl groups excluding tert-OH is 1. The summed E-state index contributed by atoms with van der Waals surface area (Å²) in [4.78, 5) is 29.3. The van der Waals surface area contributed by atoms with E-state index in [2.05, 4.69) is 56.2 Å². The van der Waals surface area contributed by atoms with Crippen molar-refractivity contribution in [2.45, 2.75) is 13.5 Å². The van der Waals surface area contributed by atoms with Crippen LogP contribution in [0.5, 0.6) is 11.8 Å². The van der Waals surface area contributed by atoms with Crippen molar-refractivity contribution in [3.63, 3.8) is 0 Å². The van der Waals surface area contributed by atoms with Crippen LogP contribution in [-0.2, 0) is 16.0 Å². The quantitative estimate of drug-likeness (QED) is 0.124. The Hall–Kier alpha value is -4.32. The Labute approximate surface area is 278 Å². The Bertz CT molecular complexity index is 1820. The molecule has 6 rings (SSSR count). The summed E-state index contributed by atoms with van der Waals surface area (Å²) in [5.74, 6) is 0.0129. The van der Waals surface area contributed by atoms with Crippen molar-refractivity contribution in [2.75, 3.05) is 59.7 Å². The number of carbonyl (C=O) groups excluding carboxylic acids is 1. The van der Waals surface area contributed by atoms with Gasteiger partial charge >= 0.3 is 12.0 Å². The molecule has 5 aromatic rings. The van der Waals surface area contributed by atoms with Gasteiger partial charge in [0.25, 0.3) is 0 Å². The average molecular weight is 656 g/mol. The second-order valence-electron chi connectivity index (χ2n) is 11.5. The SMILES string of the molecule is COC(=O)c1cc(Oc2nc3nc(-c4ccc(-c5ccc(CN6CCN(CCOCCO)CC6)cc5)cc4)c(Cl)cc3[nH]2)ccc1C. The minimum Gasteiger partial charge on any atom is -0.465 e. The lowest BCUT2D eigenvalue weighted by atomic mass is 10.0. The highest BCUT2D eigenvalue weighted by atomic mass is 35.5. The summed E-state index contributed by atoms with van der Waals surface area (Å²) in [6.45, 7) is 8.94. The van der Waals surface area contributed by atoms with E-state index in [9.17, 15) is 4.79 Å². The van der Waals surface area contributed by atoms with Crippen molar-refractivity contribution in [1.82, 2.24) is 24.8 Å². The Morgan fingerprint density at radius 2 is 1.57 bits per heavy atom. The van der Waals surface area contributed by atoms with Gasteiger partial charge in [0.05, 0.1) is 48.7 Å². The Kier molecular flexibility index (Phi) is 10.4. The smallest absolute Gasteiger partial charge is 0.338 e. The Morgan fingerprint density at radius 3 is 2.28 bits per heavy atom. The number of hydrogen-bond donors (Lipinski definition) is 2. The van der Waals surface area contributed by atoms with E-state index >= 15 is 0 Å². The van der Waals surface area contributed by atoms with Gasteiger partial charge in [0.2, 0.25) is 0 Å². The number of aromatic nitrogens is 3. The molecule has 0 amide bonds. The Balaban J connectivity index is 1.08. The number of ether oxygens (including phenoxy) is 3. The lowest BCUT2D eigenvalue weighted by Gasteiger charge is -2.34. The molecule has 1 aliphatic rings. The van der Waals surface area contributed by atoms with Crippen LogP contribution in [0.15, 0.2) is 72.8 Å². The van der Waals surface area contributed by atoms with E-state index in [1.165, 1.54) is 12.7 Å². The number of carbonyl (C=O) groups is 1. The molecule has 0 radical (unpaired) electrons. The molecule has 0 saturated carbocycles. The maximum absolute atomic E-state index is 12.1. The molecule has 0 spiro atoms. The number of H-pyrrole nitrogens is 1. The van der Waals surface area contributed by atoms with E-state index in [1.54, 1.807) is 24.3 Å². The molecule has 10 nitrogen and oxygen atoms in total. The second kappa shape index (κ2) is 15.1. The summed E-state index contributed by atoms with van der Waals surface area (Å²) in [6.07, 6.45) is 0. The number of piperazine rings is 1. The highest BCUT2D eigenvalue weighted by Gasteiger charge is 2.18. The zero-order chi connectivity index (χ0) is 32.8. The van der Waals surface area contributed by atoms with Crippen LogP contribution in [0.2, 0.25) is 5.02 Å². The number of nitrogens with zero attached hydrogens (tertiary/aromatic N) is 4. The van der Waals surface area contributed by atoms with Gasteiger partial charge in [-0.2, -0.15) is 4.98 Å². The Morgan fingerprint density at radius 1 is 0.894 bits per heavy atom. The molecule has 244 valence electrons. The highest BCUT2D eigenvalue weighted by Crippen LogP contribution is 2.32. The second-order valence-corrected chi connectivity index (χ2v) is 11.9. The van der Waals surface area contributed by atoms with Gasteiger partial charge in [-0.3, -0.25) is 9.80 Å². The summed E-state index contributed by atoms with van der Waals surface area (Å²) >= 11 is 6.67. The lowest BCUT2D eigenvalue weighted by molar-refractivity contribution is 0.0564. The normalized spacial score (nSPS) is 14.0. The van der Waals surface area contributed by atoms with Crippen LogP contribution >= 0.6 is 11.6 Å². The minimum atomic E-state index is -0.432. The molecule has 3 heterocycles. The molecule has 1 aliphatic heterocycles. The van der Waals surface area contributed by atoms with Crippen LogP contribution in [0.3, 0.4) is 0 Å². The molecule has 2 aromatic heterocycles. The third-order valence-electron chi connectivity index (χ3n) is 8.34. The molecule has 11 heteroatoms. The van der Waals surface area contributed by atoms with Crippen LogP contribution in [0.25, 0.3) is 33.5 Å². The average Bonchev–Trinajstić information content (AvgIpc) is 3.48. The molecule has 0 bridgehead atoms. The fraction of sp³-hybridized carbons (Fsp3) is 0.306. The molecule has 1 fully saturated rings. The maximum Gasteiger partial charge on any atom is 0.338 e. The van der Waals surface area contributed by atoms with Crippen molar-refractivity contribution in [3.05, 3.63) is 94.5 Å². The van der Waals surface area contributed by atoms with E-state index < -0.39 is 5.97 Å². The fourth-order valence-electron chi connectivity index (χ4n) is 5.67. The first kappa shape index (κ1) is 32.6. The van der Waals surface area contributed by atoms with Crippen molar-refractivity contribution >= 4 is 28.7 Å². The zero-order valence-corrected chi connectivity index (χ0v) is 27.3. The van der Waals surface area contributed by atoms with Crippen molar-refractivity contribution in [2.24, 2.45) is 0 Å². The highest BCUT2D eigenvalue weighted by molar-refractivity contribution is 6.33. The number of fused-ring (bicyclic) bond motifs is 1. The third kappa shape index (κ3) is 7.98. The number of aromatic amines is 1. The number of esters is 1. The summed E-state index contributed by atoms with van der Waals surface area (Å²) in [5.41, 5.74) is 7.36. The van der Waals surface area contributed by atoms with Gasteiger partial charge in [0, 0.05) is 44.8 Å². The summed E-state index contributed by atoms with van der Waals surface area (Å²) in [5, 5.41) is 9.33. The van der Waals surface area contributed by atoms with Crippen LogP contribution in [0, 0.1) is 6.92 Å². The van der Waals surface area contributed by atoms with E-state index in [-0.39, 0.29) is 12.6 Å². The van der Waals surface area contributed by atoms with E-state index in [0.29, 0.717) is 46.4 Å². The monoisotopic (exact) mass is 655 g/mol. The standard InChI is InChI=1S/C36H38ClN5O5/c1-24-3-12-29(21-30(24)35(44)45-2)47-36-38-32-22-31(37)33(39-34(32)40-36)28-10-8-27(9-11-28)26-6-4-25(5-7-26)23-42-15-13-41(14-16-42)17-19-46-20-18-43/h3-12,21-22,43H,13-20,23H2,1-2H3,(H,38,39,40). The molecular formula is C36H38ClN5O5. The van der Waals surface area contributed by atoms with Crippen LogP contribution in [-0.4, -0.2) is 95.5 Å². The summed E-state index contributed by atoms with van der Waals surface area (Å²) < 4.78 is 16.2. The molecule has 0 unspecified atom stereocenters. The number of pyridine rings is 1. The van der Waals surface area contributed by atoms with Crippen LogP contribution < -0.4 is 4.74 Å². The molecular weight excluding hydrogens is 618 g/mol. The van der Waals surface area contributed by atoms with Crippen LogP contribution in [0.1, 0.15) is 21.5 Å². The van der Waals surface area contributed by atoms with E-state index in [4.69, 9.17) is 35.9 Å². The van der Waals surface area contributed by atoms with Gasteiger partial charge in [-0.15, -0.1) is 0 Å².